The van der Waals surface area contributed by atoms with E-state index in [-0.39, 0.29) is 0 Å². The van der Waals surface area contributed by atoms with Crippen LogP contribution in [0.25, 0.3) is 5.69 Å². The molecule has 3 rings (SSSR count). The first-order valence-electron chi connectivity index (χ1n) is 6.58. The van der Waals surface area contributed by atoms with Crippen LogP contribution in [0.4, 0.5) is 0 Å². The van der Waals surface area contributed by atoms with Gasteiger partial charge in [-0.25, -0.2) is 4.68 Å². The van der Waals surface area contributed by atoms with E-state index in [1.165, 1.54) is 12.8 Å². The smallest absolute Gasteiger partial charge is 0.0783 e. The Balaban J connectivity index is 1.86. The fourth-order valence-corrected chi connectivity index (χ4v) is 2.11. The van der Waals surface area contributed by atoms with Gasteiger partial charge < -0.3 is 10.1 Å². The van der Waals surface area contributed by atoms with Crippen molar-refractivity contribution in [3.8, 4) is 5.69 Å². The van der Waals surface area contributed by atoms with E-state index >= 15 is 0 Å². The quantitative estimate of drug-likeness (QED) is 0.856. The maximum atomic E-state index is 5.24. The summed E-state index contributed by atoms with van der Waals surface area (Å²) in [5.74, 6) is 0. The first-order valence-corrected chi connectivity index (χ1v) is 6.58. The third-order valence-electron chi connectivity index (χ3n) is 3.29. The van der Waals surface area contributed by atoms with E-state index in [1.54, 1.807) is 7.11 Å². The number of hydrogen-bond acceptors (Lipinski definition) is 4. The van der Waals surface area contributed by atoms with Crippen LogP contribution in [0.2, 0.25) is 0 Å². The van der Waals surface area contributed by atoms with Crippen LogP contribution in [0.15, 0.2) is 30.5 Å². The molecule has 0 aliphatic heterocycles. The second-order valence-electron chi connectivity index (χ2n) is 4.85. The molecule has 0 amide bonds. The Hall–Kier alpha value is -1.72. The summed E-state index contributed by atoms with van der Waals surface area (Å²) in [7, 11) is 1.70. The molecule has 5 nitrogen and oxygen atoms in total. The highest BCUT2D eigenvalue weighted by Crippen LogP contribution is 2.20. The lowest BCUT2D eigenvalue weighted by atomic mass is 10.2. The Kier molecular flexibility index (Phi) is 3.57. The van der Waals surface area contributed by atoms with Gasteiger partial charge in [-0.1, -0.05) is 23.4 Å². The SMILES string of the molecule is COCc1ccccc1-n1nncc1CNC1CC1. The van der Waals surface area contributed by atoms with Crippen LogP contribution in [-0.4, -0.2) is 28.1 Å². The number of nitrogens with zero attached hydrogens (tertiary/aromatic N) is 3. The summed E-state index contributed by atoms with van der Waals surface area (Å²) in [6, 6.07) is 8.80. The van der Waals surface area contributed by atoms with Crippen LogP contribution in [0.3, 0.4) is 0 Å². The van der Waals surface area contributed by atoms with Crippen molar-refractivity contribution in [3.63, 3.8) is 0 Å². The molecule has 1 aromatic heterocycles. The molecule has 0 unspecified atom stereocenters. The summed E-state index contributed by atoms with van der Waals surface area (Å²) in [5.41, 5.74) is 3.23. The molecule has 5 heteroatoms. The second-order valence-corrected chi connectivity index (χ2v) is 4.85. The average Bonchev–Trinajstić information content (AvgIpc) is 3.15. The molecule has 19 heavy (non-hydrogen) atoms. The topological polar surface area (TPSA) is 52.0 Å². The molecule has 1 aliphatic rings. The minimum absolute atomic E-state index is 0.575. The number of benzene rings is 1. The van der Waals surface area contributed by atoms with Gasteiger partial charge in [-0.05, 0) is 18.9 Å². The lowest BCUT2D eigenvalue weighted by molar-refractivity contribution is 0.184. The van der Waals surface area contributed by atoms with Crippen LogP contribution in [0.5, 0.6) is 0 Å². The van der Waals surface area contributed by atoms with Gasteiger partial charge in [-0.2, -0.15) is 0 Å². The molecule has 100 valence electrons. The van der Waals surface area contributed by atoms with Crippen molar-refractivity contribution in [1.29, 1.82) is 0 Å². The van der Waals surface area contributed by atoms with Crippen LogP contribution < -0.4 is 5.32 Å². The Bertz CT molecular complexity index is 548. The zero-order valence-electron chi connectivity index (χ0n) is 11.0. The number of methoxy groups -OCH3 is 1. The molecule has 1 aromatic carbocycles. The molecule has 0 saturated heterocycles. The van der Waals surface area contributed by atoms with Gasteiger partial charge in [0.2, 0.25) is 0 Å². The molecule has 0 bridgehead atoms. The molecule has 0 atom stereocenters. The molecular weight excluding hydrogens is 240 g/mol. The van der Waals surface area contributed by atoms with Crippen molar-refractivity contribution in [2.45, 2.75) is 32.0 Å². The van der Waals surface area contributed by atoms with Crippen LogP contribution in [-0.2, 0) is 17.9 Å². The Labute approximate surface area is 112 Å². The number of nitrogens with one attached hydrogen (secondary N) is 1. The van der Waals surface area contributed by atoms with E-state index in [2.05, 4.69) is 21.7 Å². The normalized spacial score (nSPS) is 14.8. The van der Waals surface area contributed by atoms with Crippen molar-refractivity contribution < 1.29 is 4.74 Å². The first-order chi connectivity index (χ1) is 9.38. The average molecular weight is 258 g/mol. The van der Waals surface area contributed by atoms with Gasteiger partial charge >= 0.3 is 0 Å². The highest BCUT2D eigenvalue weighted by Gasteiger charge is 2.21. The molecule has 2 aromatic rings. The number of aromatic nitrogens is 3. The fourth-order valence-electron chi connectivity index (χ4n) is 2.11. The van der Waals surface area contributed by atoms with Gasteiger partial charge in [0, 0.05) is 25.3 Å². The predicted molar refractivity (Wildman–Crippen MR) is 71.9 cm³/mol. The van der Waals surface area contributed by atoms with Crippen molar-refractivity contribution in [2.24, 2.45) is 0 Å². The third kappa shape index (κ3) is 2.83. The lowest BCUT2D eigenvalue weighted by Crippen LogP contribution is -2.18. The molecule has 0 spiro atoms. The Morgan fingerprint density at radius 2 is 2.21 bits per heavy atom. The van der Waals surface area contributed by atoms with Crippen LogP contribution in [0.1, 0.15) is 24.1 Å². The van der Waals surface area contributed by atoms with Crippen molar-refractivity contribution in [2.75, 3.05) is 7.11 Å². The maximum Gasteiger partial charge on any atom is 0.0783 e. The molecule has 1 heterocycles. The first kappa shape index (κ1) is 12.3. The van der Waals surface area contributed by atoms with Crippen molar-refractivity contribution in [1.82, 2.24) is 20.3 Å². The number of rotatable bonds is 6. The van der Waals surface area contributed by atoms with Crippen molar-refractivity contribution in [3.05, 3.63) is 41.7 Å². The molecule has 1 saturated carbocycles. The Morgan fingerprint density at radius 1 is 1.37 bits per heavy atom. The van der Waals surface area contributed by atoms with E-state index in [9.17, 15) is 0 Å². The zero-order valence-corrected chi connectivity index (χ0v) is 11.0. The molecular formula is C14H18N4O. The van der Waals surface area contributed by atoms with Gasteiger partial charge in [0.05, 0.1) is 24.2 Å². The molecule has 1 aliphatic carbocycles. The summed E-state index contributed by atoms with van der Waals surface area (Å²) < 4.78 is 7.13. The standard InChI is InChI=1S/C14H18N4O/c1-19-10-11-4-2-3-5-14(11)18-13(9-16-17-18)8-15-12-6-7-12/h2-5,9,12,15H,6-8,10H2,1H3. The van der Waals surface area contributed by atoms with E-state index in [1.807, 2.05) is 29.1 Å². The van der Waals surface area contributed by atoms with E-state index in [0.29, 0.717) is 12.6 Å². The van der Waals surface area contributed by atoms with Gasteiger partial charge in [0.15, 0.2) is 0 Å². The van der Waals surface area contributed by atoms with Gasteiger partial charge in [-0.15, -0.1) is 5.10 Å². The summed E-state index contributed by atoms with van der Waals surface area (Å²) in [5, 5.41) is 11.7. The number of ether oxygens (including phenoxy) is 1. The van der Waals surface area contributed by atoms with E-state index in [4.69, 9.17) is 4.74 Å². The molecule has 1 fully saturated rings. The van der Waals surface area contributed by atoms with Gasteiger partial charge in [0.25, 0.3) is 0 Å². The predicted octanol–water partition coefficient (Wildman–Crippen LogP) is 1.67. The van der Waals surface area contributed by atoms with Crippen LogP contribution in [0, 0.1) is 0 Å². The Morgan fingerprint density at radius 3 is 3.00 bits per heavy atom. The highest BCUT2D eigenvalue weighted by molar-refractivity contribution is 5.40. The monoisotopic (exact) mass is 258 g/mol. The van der Waals surface area contributed by atoms with E-state index in [0.717, 1.165) is 23.5 Å². The van der Waals surface area contributed by atoms with E-state index < -0.39 is 0 Å². The summed E-state index contributed by atoms with van der Waals surface area (Å²) in [6.07, 6.45) is 4.38. The van der Waals surface area contributed by atoms with Gasteiger partial charge in [0.1, 0.15) is 0 Å². The summed E-state index contributed by atoms with van der Waals surface area (Å²) in [6.45, 7) is 1.38. The zero-order chi connectivity index (χ0) is 13.1. The second kappa shape index (κ2) is 5.50. The minimum atomic E-state index is 0.575. The fraction of sp³-hybridized carbons (Fsp3) is 0.429. The highest BCUT2D eigenvalue weighted by atomic mass is 16.5. The van der Waals surface area contributed by atoms with Crippen molar-refractivity contribution >= 4 is 0 Å². The summed E-state index contributed by atoms with van der Waals surface area (Å²) >= 11 is 0. The van der Waals surface area contributed by atoms with Crippen LogP contribution >= 0.6 is 0 Å². The number of hydrogen-bond donors (Lipinski definition) is 1. The molecule has 0 radical (unpaired) electrons. The minimum Gasteiger partial charge on any atom is -0.380 e. The number of para-hydroxylation sites is 1. The third-order valence-corrected chi connectivity index (χ3v) is 3.29. The largest absolute Gasteiger partial charge is 0.380 e. The summed E-state index contributed by atoms with van der Waals surface area (Å²) in [4.78, 5) is 0. The maximum absolute atomic E-state index is 5.24. The molecule has 1 N–H and O–H groups in total. The van der Waals surface area contributed by atoms with Gasteiger partial charge in [-0.3, -0.25) is 0 Å². The lowest BCUT2D eigenvalue weighted by Gasteiger charge is -2.11.